The van der Waals surface area contributed by atoms with Crippen molar-refractivity contribution >= 4 is 11.8 Å². The minimum Gasteiger partial charge on any atom is -0.311 e. The van der Waals surface area contributed by atoms with Crippen LogP contribution in [0.5, 0.6) is 0 Å². The van der Waals surface area contributed by atoms with E-state index < -0.39 is 0 Å². The number of nitrogens with one attached hydrogen (secondary N) is 1. The highest BCUT2D eigenvalue weighted by Crippen LogP contribution is 2.21. The van der Waals surface area contributed by atoms with Gasteiger partial charge in [-0.25, -0.2) is 0 Å². The first-order valence-electron chi connectivity index (χ1n) is 6.53. The first-order valence-corrected chi connectivity index (χ1v) is 7.69. The molecule has 0 aromatic rings. The summed E-state index contributed by atoms with van der Waals surface area (Å²) in [4.78, 5) is 2.66. The van der Waals surface area contributed by atoms with Crippen LogP contribution in [0.25, 0.3) is 0 Å². The van der Waals surface area contributed by atoms with E-state index in [2.05, 4.69) is 56.6 Å². The van der Waals surface area contributed by atoms with E-state index in [4.69, 9.17) is 0 Å². The summed E-state index contributed by atoms with van der Waals surface area (Å²) in [5.74, 6) is 3.24. The first kappa shape index (κ1) is 14.3. The van der Waals surface area contributed by atoms with Gasteiger partial charge in [-0.05, 0) is 25.5 Å². The van der Waals surface area contributed by atoms with Crippen LogP contribution in [0.4, 0.5) is 0 Å². The maximum atomic E-state index is 3.68. The van der Waals surface area contributed by atoms with E-state index in [1.807, 2.05) is 0 Å². The van der Waals surface area contributed by atoms with E-state index in [1.165, 1.54) is 24.6 Å². The van der Waals surface area contributed by atoms with Gasteiger partial charge in [-0.1, -0.05) is 20.8 Å². The molecule has 0 radical (unpaired) electrons. The van der Waals surface area contributed by atoms with Crippen LogP contribution in [-0.2, 0) is 0 Å². The van der Waals surface area contributed by atoms with Gasteiger partial charge < -0.3 is 5.32 Å². The smallest absolute Gasteiger partial charge is 0.0278 e. The predicted molar refractivity (Wildman–Crippen MR) is 75.3 cm³/mol. The Kier molecular flexibility index (Phi) is 5.62. The third kappa shape index (κ3) is 3.94. The van der Waals surface area contributed by atoms with Gasteiger partial charge in [-0.2, -0.15) is 11.8 Å². The molecule has 1 atom stereocenters. The summed E-state index contributed by atoms with van der Waals surface area (Å²) in [6, 6.07) is 0.666. The summed E-state index contributed by atoms with van der Waals surface area (Å²) < 4.78 is 0. The molecular weight excluding hydrogens is 216 g/mol. The zero-order valence-corrected chi connectivity index (χ0v) is 12.4. The molecule has 0 aromatic carbocycles. The molecule has 1 N–H and O–H groups in total. The van der Waals surface area contributed by atoms with Crippen molar-refractivity contribution in [3.8, 4) is 0 Å². The van der Waals surface area contributed by atoms with Crippen molar-refractivity contribution in [1.29, 1.82) is 0 Å². The van der Waals surface area contributed by atoms with E-state index in [-0.39, 0.29) is 0 Å². The predicted octanol–water partition coefficient (Wildman–Crippen LogP) is 2.45. The van der Waals surface area contributed by atoms with E-state index in [9.17, 15) is 0 Å². The van der Waals surface area contributed by atoms with Crippen molar-refractivity contribution in [2.75, 3.05) is 31.1 Å². The highest BCUT2D eigenvalue weighted by molar-refractivity contribution is 7.99. The number of thioether (sulfide) groups is 1. The number of nitrogens with zero attached hydrogens (tertiary/aromatic N) is 1. The Morgan fingerprint density at radius 2 is 2.12 bits per heavy atom. The molecule has 1 heterocycles. The molecule has 0 aliphatic carbocycles. The molecule has 1 aliphatic rings. The fourth-order valence-electron chi connectivity index (χ4n) is 2.20. The summed E-state index contributed by atoms with van der Waals surface area (Å²) in [6.07, 6.45) is 0. The van der Waals surface area contributed by atoms with Crippen LogP contribution in [0.15, 0.2) is 0 Å². The molecule has 1 unspecified atom stereocenters. The lowest BCUT2D eigenvalue weighted by Crippen LogP contribution is -2.63. The first-order chi connectivity index (χ1) is 7.47. The van der Waals surface area contributed by atoms with Crippen LogP contribution in [0.2, 0.25) is 0 Å². The lowest BCUT2D eigenvalue weighted by Gasteiger charge is -2.47. The zero-order chi connectivity index (χ0) is 12.2. The number of hydrogen-bond acceptors (Lipinski definition) is 3. The largest absolute Gasteiger partial charge is 0.311 e. The monoisotopic (exact) mass is 244 g/mol. The molecule has 0 spiro atoms. The molecule has 0 amide bonds. The summed E-state index contributed by atoms with van der Waals surface area (Å²) in [5, 5.41) is 3.68. The molecule has 96 valence electrons. The summed E-state index contributed by atoms with van der Waals surface area (Å²) >= 11 is 2.05. The van der Waals surface area contributed by atoms with Gasteiger partial charge in [0, 0.05) is 37.0 Å². The van der Waals surface area contributed by atoms with Gasteiger partial charge in [0.15, 0.2) is 0 Å². The van der Waals surface area contributed by atoms with Crippen molar-refractivity contribution in [1.82, 2.24) is 10.2 Å². The van der Waals surface area contributed by atoms with Gasteiger partial charge in [0.1, 0.15) is 0 Å². The SMILES string of the molecule is CCSCCN1CC(C(C)C)NCC1(C)C. The van der Waals surface area contributed by atoms with Crippen molar-refractivity contribution < 1.29 is 0 Å². The second-order valence-electron chi connectivity index (χ2n) is 5.69. The Labute approximate surface area is 106 Å². The molecule has 1 saturated heterocycles. The van der Waals surface area contributed by atoms with Crippen molar-refractivity contribution in [3.05, 3.63) is 0 Å². The van der Waals surface area contributed by atoms with Crippen LogP contribution in [0, 0.1) is 5.92 Å². The minimum atomic E-state index is 0.319. The van der Waals surface area contributed by atoms with Gasteiger partial charge >= 0.3 is 0 Å². The van der Waals surface area contributed by atoms with Crippen LogP contribution < -0.4 is 5.32 Å². The fourth-order valence-corrected chi connectivity index (χ4v) is 2.84. The topological polar surface area (TPSA) is 15.3 Å². The Hall–Kier alpha value is 0.270. The summed E-state index contributed by atoms with van der Waals surface area (Å²) in [7, 11) is 0. The Bertz CT molecular complexity index is 204. The maximum Gasteiger partial charge on any atom is 0.0278 e. The number of rotatable bonds is 5. The number of hydrogen-bond donors (Lipinski definition) is 1. The summed E-state index contributed by atoms with van der Waals surface area (Å²) in [6.45, 7) is 15.1. The Balaban J connectivity index is 2.48. The van der Waals surface area contributed by atoms with Crippen molar-refractivity contribution in [3.63, 3.8) is 0 Å². The van der Waals surface area contributed by atoms with Gasteiger partial charge in [-0.15, -0.1) is 0 Å². The van der Waals surface area contributed by atoms with Gasteiger partial charge in [0.05, 0.1) is 0 Å². The lowest BCUT2D eigenvalue weighted by molar-refractivity contribution is 0.0610. The lowest BCUT2D eigenvalue weighted by atomic mass is 9.93. The molecule has 2 nitrogen and oxygen atoms in total. The summed E-state index contributed by atoms with van der Waals surface area (Å²) in [5.41, 5.74) is 0.319. The highest BCUT2D eigenvalue weighted by Gasteiger charge is 2.34. The standard InChI is InChI=1S/C13H28N2S/c1-6-16-8-7-15-9-12(11(2)3)14-10-13(15,4)5/h11-12,14H,6-10H2,1-5H3. The Morgan fingerprint density at radius 1 is 1.44 bits per heavy atom. The van der Waals surface area contributed by atoms with Gasteiger partial charge in [0.2, 0.25) is 0 Å². The Morgan fingerprint density at radius 3 is 2.69 bits per heavy atom. The normalized spacial score (nSPS) is 26.2. The van der Waals surface area contributed by atoms with E-state index in [0.717, 1.165) is 12.5 Å². The zero-order valence-electron chi connectivity index (χ0n) is 11.5. The third-order valence-electron chi connectivity index (χ3n) is 3.58. The quantitative estimate of drug-likeness (QED) is 0.748. The van der Waals surface area contributed by atoms with Crippen LogP contribution >= 0.6 is 11.8 Å². The molecule has 16 heavy (non-hydrogen) atoms. The molecule has 0 bridgehead atoms. The minimum absolute atomic E-state index is 0.319. The molecule has 1 rings (SSSR count). The number of piperazine rings is 1. The highest BCUT2D eigenvalue weighted by atomic mass is 32.2. The van der Waals surface area contributed by atoms with Crippen molar-refractivity contribution in [2.45, 2.75) is 46.2 Å². The van der Waals surface area contributed by atoms with Crippen molar-refractivity contribution in [2.24, 2.45) is 5.92 Å². The molecule has 0 saturated carbocycles. The average molecular weight is 244 g/mol. The average Bonchev–Trinajstić information content (AvgIpc) is 2.20. The van der Waals surface area contributed by atoms with E-state index >= 15 is 0 Å². The van der Waals surface area contributed by atoms with Crippen LogP contribution in [0.3, 0.4) is 0 Å². The molecule has 1 fully saturated rings. The molecule has 0 aromatic heterocycles. The van der Waals surface area contributed by atoms with E-state index in [0.29, 0.717) is 11.6 Å². The van der Waals surface area contributed by atoms with Gasteiger partial charge in [-0.3, -0.25) is 4.90 Å². The van der Waals surface area contributed by atoms with Gasteiger partial charge in [0.25, 0.3) is 0 Å². The third-order valence-corrected chi connectivity index (χ3v) is 4.46. The van der Waals surface area contributed by atoms with Crippen LogP contribution in [-0.4, -0.2) is 47.6 Å². The fraction of sp³-hybridized carbons (Fsp3) is 1.00. The second kappa shape index (κ2) is 6.27. The maximum absolute atomic E-state index is 3.68. The van der Waals surface area contributed by atoms with E-state index in [1.54, 1.807) is 0 Å². The molecule has 1 aliphatic heterocycles. The second-order valence-corrected chi connectivity index (χ2v) is 7.08. The van der Waals surface area contributed by atoms with Crippen LogP contribution in [0.1, 0.15) is 34.6 Å². The molecule has 3 heteroatoms. The molecular formula is C13H28N2S.